The SMILES string of the molecule is Cc1ccc(NC(=O)Cn2c(Cl)nc3c2c(=O)n(C)c(=O)n3C)c(Cl)c1. The van der Waals surface area contributed by atoms with E-state index in [2.05, 4.69) is 10.3 Å². The summed E-state index contributed by atoms with van der Waals surface area (Å²) in [7, 11) is 2.82. The molecule has 2 heterocycles. The Kier molecular flexibility index (Phi) is 4.64. The van der Waals surface area contributed by atoms with E-state index in [1.165, 1.54) is 23.2 Å². The average molecular weight is 396 g/mol. The van der Waals surface area contributed by atoms with Crippen molar-refractivity contribution in [1.29, 1.82) is 0 Å². The number of benzene rings is 1. The van der Waals surface area contributed by atoms with Crippen molar-refractivity contribution in [3.05, 3.63) is 54.9 Å². The third kappa shape index (κ3) is 3.02. The molecule has 0 saturated carbocycles. The fourth-order valence-electron chi connectivity index (χ4n) is 2.62. The minimum atomic E-state index is -0.580. The first-order valence-corrected chi connectivity index (χ1v) is 8.34. The number of hydrogen-bond acceptors (Lipinski definition) is 4. The lowest BCUT2D eigenvalue weighted by Gasteiger charge is -2.10. The second-order valence-corrected chi connectivity index (χ2v) is 6.62. The predicted molar refractivity (Wildman–Crippen MR) is 100 cm³/mol. The zero-order valence-corrected chi connectivity index (χ0v) is 15.7. The van der Waals surface area contributed by atoms with E-state index in [1.807, 2.05) is 13.0 Å². The summed E-state index contributed by atoms with van der Waals surface area (Å²) in [5.41, 5.74) is 0.488. The highest BCUT2D eigenvalue weighted by Crippen LogP contribution is 2.23. The van der Waals surface area contributed by atoms with E-state index in [-0.39, 0.29) is 23.0 Å². The van der Waals surface area contributed by atoms with Gasteiger partial charge in [-0.1, -0.05) is 17.7 Å². The maximum absolute atomic E-state index is 12.4. The molecule has 0 unspecified atom stereocenters. The van der Waals surface area contributed by atoms with Crippen LogP contribution in [0.15, 0.2) is 27.8 Å². The van der Waals surface area contributed by atoms with Crippen LogP contribution in [0.4, 0.5) is 5.69 Å². The van der Waals surface area contributed by atoms with Crippen molar-refractivity contribution in [3.8, 4) is 0 Å². The topological polar surface area (TPSA) is 90.9 Å². The lowest BCUT2D eigenvalue weighted by Crippen LogP contribution is -2.37. The molecule has 8 nitrogen and oxygen atoms in total. The van der Waals surface area contributed by atoms with Crippen LogP contribution in [0.3, 0.4) is 0 Å². The summed E-state index contributed by atoms with van der Waals surface area (Å²) >= 11 is 12.2. The summed E-state index contributed by atoms with van der Waals surface area (Å²) in [5.74, 6) is -0.437. The number of fused-ring (bicyclic) bond motifs is 1. The predicted octanol–water partition coefficient (Wildman–Crippen LogP) is 1.69. The number of carbonyl (C=O) groups is 1. The summed E-state index contributed by atoms with van der Waals surface area (Å²) in [6.45, 7) is 1.63. The number of imidazole rings is 1. The van der Waals surface area contributed by atoms with Gasteiger partial charge in [-0.2, -0.15) is 4.98 Å². The van der Waals surface area contributed by atoms with Crippen molar-refractivity contribution in [2.24, 2.45) is 14.1 Å². The van der Waals surface area contributed by atoms with E-state index in [0.29, 0.717) is 10.7 Å². The Morgan fingerprint density at radius 3 is 2.54 bits per heavy atom. The largest absolute Gasteiger partial charge is 0.332 e. The van der Waals surface area contributed by atoms with Gasteiger partial charge in [-0.25, -0.2) is 4.79 Å². The van der Waals surface area contributed by atoms with Crippen LogP contribution in [0.2, 0.25) is 10.3 Å². The zero-order valence-electron chi connectivity index (χ0n) is 14.2. The lowest BCUT2D eigenvalue weighted by molar-refractivity contribution is -0.116. The second kappa shape index (κ2) is 6.62. The van der Waals surface area contributed by atoms with Crippen molar-refractivity contribution >= 4 is 46.0 Å². The van der Waals surface area contributed by atoms with E-state index in [1.54, 1.807) is 12.1 Å². The molecule has 0 aliphatic carbocycles. The van der Waals surface area contributed by atoms with Gasteiger partial charge in [-0.15, -0.1) is 0 Å². The van der Waals surface area contributed by atoms with E-state index < -0.39 is 17.2 Å². The van der Waals surface area contributed by atoms with Crippen LogP contribution in [-0.2, 0) is 25.4 Å². The molecule has 0 radical (unpaired) electrons. The van der Waals surface area contributed by atoms with E-state index in [9.17, 15) is 14.4 Å². The van der Waals surface area contributed by atoms with Crippen molar-refractivity contribution in [3.63, 3.8) is 0 Å². The van der Waals surface area contributed by atoms with Crippen LogP contribution in [0.1, 0.15) is 5.56 Å². The fourth-order valence-corrected chi connectivity index (χ4v) is 3.13. The highest BCUT2D eigenvalue weighted by atomic mass is 35.5. The molecule has 10 heteroatoms. The molecule has 3 rings (SSSR count). The summed E-state index contributed by atoms with van der Waals surface area (Å²) < 4.78 is 3.40. The first kappa shape index (κ1) is 18.2. The van der Waals surface area contributed by atoms with Crippen LogP contribution in [0, 0.1) is 6.92 Å². The number of amides is 1. The van der Waals surface area contributed by atoms with Gasteiger partial charge in [0.05, 0.1) is 10.7 Å². The average Bonchev–Trinajstić information content (AvgIpc) is 2.90. The number of nitrogens with one attached hydrogen (secondary N) is 1. The normalized spacial score (nSPS) is 11.1. The van der Waals surface area contributed by atoms with Gasteiger partial charge >= 0.3 is 5.69 Å². The Hall–Kier alpha value is -2.58. The van der Waals surface area contributed by atoms with Gasteiger partial charge in [-0.3, -0.25) is 23.3 Å². The molecule has 1 amide bonds. The number of anilines is 1. The maximum atomic E-state index is 12.4. The Labute approximate surface area is 157 Å². The Morgan fingerprint density at radius 2 is 1.88 bits per heavy atom. The number of nitrogens with zero attached hydrogens (tertiary/aromatic N) is 4. The number of hydrogen-bond donors (Lipinski definition) is 1. The molecule has 3 aromatic rings. The van der Waals surface area contributed by atoms with Gasteiger partial charge in [0.1, 0.15) is 6.54 Å². The number of aromatic nitrogens is 4. The van der Waals surface area contributed by atoms with E-state index >= 15 is 0 Å². The first-order chi connectivity index (χ1) is 12.2. The van der Waals surface area contributed by atoms with Crippen molar-refractivity contribution in [2.75, 3.05) is 5.32 Å². The molecule has 136 valence electrons. The van der Waals surface area contributed by atoms with Crippen molar-refractivity contribution < 1.29 is 4.79 Å². The lowest BCUT2D eigenvalue weighted by atomic mass is 10.2. The highest BCUT2D eigenvalue weighted by molar-refractivity contribution is 6.33. The molecule has 0 saturated heterocycles. The summed E-state index contributed by atoms with van der Waals surface area (Å²) in [4.78, 5) is 40.9. The number of rotatable bonds is 3. The summed E-state index contributed by atoms with van der Waals surface area (Å²) in [5, 5.41) is 3.01. The van der Waals surface area contributed by atoms with Gasteiger partial charge in [0, 0.05) is 14.1 Å². The molecule has 0 atom stereocenters. The second-order valence-electron chi connectivity index (χ2n) is 5.88. The molecule has 2 aromatic heterocycles. The van der Waals surface area contributed by atoms with Crippen LogP contribution < -0.4 is 16.6 Å². The van der Waals surface area contributed by atoms with Crippen LogP contribution >= 0.6 is 23.2 Å². The van der Waals surface area contributed by atoms with Gasteiger partial charge in [0.25, 0.3) is 5.56 Å². The molecule has 26 heavy (non-hydrogen) atoms. The van der Waals surface area contributed by atoms with E-state index in [4.69, 9.17) is 23.2 Å². The van der Waals surface area contributed by atoms with Gasteiger partial charge in [-0.05, 0) is 36.2 Å². The van der Waals surface area contributed by atoms with Crippen LogP contribution in [0.5, 0.6) is 0 Å². The van der Waals surface area contributed by atoms with Gasteiger partial charge in [0.2, 0.25) is 11.2 Å². The standard InChI is InChI=1S/C16H15Cl2N5O3/c1-8-4-5-10(9(17)6-8)19-11(24)7-23-12-13(20-15(23)18)21(2)16(26)22(3)14(12)25/h4-6H,7H2,1-3H3,(H,19,24). The van der Waals surface area contributed by atoms with Gasteiger partial charge < -0.3 is 5.32 Å². The first-order valence-electron chi connectivity index (χ1n) is 7.58. The zero-order chi connectivity index (χ0) is 19.2. The Morgan fingerprint density at radius 1 is 1.19 bits per heavy atom. The Bertz CT molecular complexity index is 1160. The smallest absolute Gasteiger partial charge is 0.323 e. The molecule has 0 fully saturated rings. The molecular formula is C16H15Cl2N5O3. The fraction of sp³-hybridized carbons (Fsp3) is 0.250. The summed E-state index contributed by atoms with van der Waals surface area (Å²) in [6.07, 6.45) is 0. The molecule has 0 bridgehead atoms. The van der Waals surface area contributed by atoms with Crippen molar-refractivity contribution in [1.82, 2.24) is 18.7 Å². The minimum Gasteiger partial charge on any atom is -0.323 e. The molecule has 0 aliphatic rings. The number of halogens is 2. The van der Waals surface area contributed by atoms with Crippen LogP contribution in [0.25, 0.3) is 11.2 Å². The third-order valence-corrected chi connectivity index (χ3v) is 4.60. The molecular weight excluding hydrogens is 381 g/mol. The molecule has 1 aromatic carbocycles. The quantitative estimate of drug-likeness (QED) is 0.683. The molecule has 0 aliphatic heterocycles. The molecule has 1 N–H and O–H groups in total. The van der Waals surface area contributed by atoms with E-state index in [0.717, 1.165) is 10.1 Å². The number of carbonyl (C=O) groups excluding carboxylic acids is 1. The van der Waals surface area contributed by atoms with Crippen molar-refractivity contribution in [2.45, 2.75) is 13.5 Å². The summed E-state index contributed by atoms with van der Waals surface area (Å²) in [6, 6.07) is 5.22. The number of aryl methyl sites for hydroxylation is 2. The molecule has 0 spiro atoms. The minimum absolute atomic E-state index is 0.0662. The monoisotopic (exact) mass is 395 g/mol. The van der Waals surface area contributed by atoms with Gasteiger partial charge in [0.15, 0.2) is 11.2 Å². The third-order valence-electron chi connectivity index (χ3n) is 4.00. The Balaban J connectivity index is 2.01. The highest BCUT2D eigenvalue weighted by Gasteiger charge is 2.20. The maximum Gasteiger partial charge on any atom is 0.332 e. The van der Waals surface area contributed by atoms with Crippen LogP contribution in [-0.4, -0.2) is 24.6 Å².